The lowest BCUT2D eigenvalue weighted by molar-refractivity contribution is -0.128. The molecule has 2 aromatic rings. The van der Waals surface area contributed by atoms with Gasteiger partial charge in [-0.25, -0.2) is 4.79 Å². The minimum atomic E-state index is -0.363. The fourth-order valence-electron chi connectivity index (χ4n) is 1.94. The van der Waals surface area contributed by atoms with Crippen LogP contribution < -0.4 is 15.4 Å². The molecule has 2 N–H and O–H groups in total. The molecule has 2 aromatic carbocycles. The van der Waals surface area contributed by atoms with E-state index in [2.05, 4.69) is 10.6 Å². The van der Waals surface area contributed by atoms with E-state index in [4.69, 9.17) is 4.74 Å². The molecule has 6 nitrogen and oxygen atoms in total. The minimum Gasteiger partial charge on any atom is -0.457 e. The van der Waals surface area contributed by atoms with E-state index in [1.165, 1.54) is 4.90 Å². The Balaban J connectivity index is 1.85. The molecule has 126 valence electrons. The van der Waals surface area contributed by atoms with Gasteiger partial charge in [-0.2, -0.15) is 0 Å². The van der Waals surface area contributed by atoms with E-state index in [0.717, 1.165) is 5.75 Å². The molecule has 24 heavy (non-hydrogen) atoms. The molecule has 0 aliphatic heterocycles. The van der Waals surface area contributed by atoms with Crippen molar-refractivity contribution in [3.63, 3.8) is 0 Å². The summed E-state index contributed by atoms with van der Waals surface area (Å²) in [5.74, 6) is 1.32. The Morgan fingerprint density at radius 3 is 2.42 bits per heavy atom. The average molecular weight is 327 g/mol. The number of rotatable bonds is 6. The SMILES string of the molecule is CN(C)C(=O)CCNC(=O)Nc1cccc(Oc2ccccc2)c1. The first-order valence-corrected chi connectivity index (χ1v) is 7.62. The maximum Gasteiger partial charge on any atom is 0.319 e. The van der Waals surface area contributed by atoms with E-state index >= 15 is 0 Å². The molecule has 0 unspecified atom stereocenters. The van der Waals surface area contributed by atoms with E-state index in [-0.39, 0.29) is 24.9 Å². The third-order valence-corrected chi connectivity index (χ3v) is 3.19. The summed E-state index contributed by atoms with van der Waals surface area (Å²) in [5, 5.41) is 5.36. The molecule has 0 atom stereocenters. The van der Waals surface area contributed by atoms with Gasteiger partial charge < -0.3 is 20.3 Å². The number of urea groups is 1. The number of carbonyl (C=O) groups is 2. The Morgan fingerprint density at radius 2 is 1.71 bits per heavy atom. The van der Waals surface area contributed by atoms with E-state index < -0.39 is 0 Å². The molecule has 0 heterocycles. The number of carbonyl (C=O) groups excluding carboxylic acids is 2. The van der Waals surface area contributed by atoms with E-state index in [1.807, 2.05) is 36.4 Å². The van der Waals surface area contributed by atoms with Crippen molar-refractivity contribution in [2.45, 2.75) is 6.42 Å². The molecule has 6 heteroatoms. The lowest BCUT2D eigenvalue weighted by Gasteiger charge is -2.12. The molecular formula is C18H21N3O3. The monoisotopic (exact) mass is 327 g/mol. The van der Waals surface area contributed by atoms with E-state index in [9.17, 15) is 9.59 Å². The van der Waals surface area contributed by atoms with Crippen molar-refractivity contribution in [1.82, 2.24) is 10.2 Å². The van der Waals surface area contributed by atoms with Gasteiger partial charge in [-0.15, -0.1) is 0 Å². The molecular weight excluding hydrogens is 306 g/mol. The smallest absolute Gasteiger partial charge is 0.319 e. The highest BCUT2D eigenvalue weighted by atomic mass is 16.5. The summed E-state index contributed by atoms with van der Waals surface area (Å²) in [4.78, 5) is 24.8. The maximum absolute atomic E-state index is 11.8. The predicted octanol–water partition coefficient (Wildman–Crippen LogP) is 3.08. The lowest BCUT2D eigenvalue weighted by atomic mass is 10.3. The van der Waals surface area contributed by atoms with Crippen LogP contribution in [0, 0.1) is 0 Å². The number of para-hydroxylation sites is 1. The van der Waals surface area contributed by atoms with E-state index in [1.54, 1.807) is 32.3 Å². The van der Waals surface area contributed by atoms with Crippen LogP contribution in [-0.2, 0) is 4.79 Å². The first-order chi connectivity index (χ1) is 11.5. The number of nitrogens with one attached hydrogen (secondary N) is 2. The van der Waals surface area contributed by atoms with Gasteiger partial charge in [0.25, 0.3) is 0 Å². The summed E-state index contributed by atoms with van der Waals surface area (Å²) in [7, 11) is 3.36. The molecule has 0 radical (unpaired) electrons. The molecule has 2 rings (SSSR count). The molecule has 0 spiro atoms. The zero-order chi connectivity index (χ0) is 17.4. The summed E-state index contributed by atoms with van der Waals surface area (Å²) in [6.45, 7) is 0.281. The second-order valence-electron chi connectivity index (χ2n) is 5.36. The molecule has 3 amide bonds. The Kier molecular flexibility index (Phi) is 6.19. The molecule has 0 aromatic heterocycles. The van der Waals surface area contributed by atoms with Gasteiger partial charge in [-0.3, -0.25) is 4.79 Å². The topological polar surface area (TPSA) is 70.7 Å². The second-order valence-corrected chi connectivity index (χ2v) is 5.36. The van der Waals surface area contributed by atoms with Gasteiger partial charge in [0.2, 0.25) is 5.91 Å². The van der Waals surface area contributed by atoms with Gasteiger partial charge in [0.15, 0.2) is 0 Å². The van der Waals surface area contributed by atoms with Gasteiger partial charge in [0.05, 0.1) is 0 Å². The first kappa shape index (κ1) is 17.3. The third-order valence-electron chi connectivity index (χ3n) is 3.19. The molecule has 0 aliphatic carbocycles. The van der Waals surface area contributed by atoms with Gasteiger partial charge in [-0.1, -0.05) is 24.3 Å². The van der Waals surface area contributed by atoms with Gasteiger partial charge in [0, 0.05) is 38.8 Å². The van der Waals surface area contributed by atoms with Gasteiger partial charge >= 0.3 is 6.03 Å². The zero-order valence-corrected chi connectivity index (χ0v) is 13.8. The lowest BCUT2D eigenvalue weighted by Crippen LogP contribution is -2.33. The summed E-state index contributed by atoms with van der Waals surface area (Å²) in [6, 6.07) is 16.1. The summed E-state index contributed by atoms with van der Waals surface area (Å²) >= 11 is 0. The Morgan fingerprint density at radius 1 is 1.00 bits per heavy atom. The minimum absolute atomic E-state index is 0.0337. The molecule has 0 fully saturated rings. The van der Waals surface area contributed by atoms with Crippen molar-refractivity contribution in [2.75, 3.05) is 26.0 Å². The number of hydrogen-bond acceptors (Lipinski definition) is 3. The molecule has 0 saturated heterocycles. The van der Waals surface area contributed by atoms with Crippen LogP contribution in [0.4, 0.5) is 10.5 Å². The summed E-state index contributed by atoms with van der Waals surface area (Å²) < 4.78 is 5.72. The van der Waals surface area contributed by atoms with Crippen LogP contribution in [-0.4, -0.2) is 37.5 Å². The van der Waals surface area contributed by atoms with Gasteiger partial charge in [0.1, 0.15) is 11.5 Å². The average Bonchev–Trinajstić information content (AvgIpc) is 2.56. The first-order valence-electron chi connectivity index (χ1n) is 7.62. The largest absolute Gasteiger partial charge is 0.457 e. The molecule has 0 saturated carbocycles. The van der Waals surface area contributed by atoms with E-state index in [0.29, 0.717) is 11.4 Å². The fourth-order valence-corrected chi connectivity index (χ4v) is 1.94. The van der Waals surface area contributed by atoms with Crippen LogP contribution in [0.3, 0.4) is 0 Å². The number of benzene rings is 2. The van der Waals surface area contributed by atoms with Gasteiger partial charge in [-0.05, 0) is 24.3 Å². The standard InChI is InChI=1S/C18H21N3O3/c1-21(2)17(22)11-12-19-18(23)20-14-7-6-10-16(13-14)24-15-8-4-3-5-9-15/h3-10,13H,11-12H2,1-2H3,(H2,19,20,23). The number of nitrogens with zero attached hydrogens (tertiary/aromatic N) is 1. The van der Waals surface area contributed by atoms with Crippen LogP contribution in [0.15, 0.2) is 54.6 Å². The molecule has 0 aliphatic rings. The highest BCUT2D eigenvalue weighted by Crippen LogP contribution is 2.23. The highest BCUT2D eigenvalue weighted by molar-refractivity contribution is 5.89. The van der Waals surface area contributed by atoms with Crippen LogP contribution in [0.5, 0.6) is 11.5 Å². The van der Waals surface area contributed by atoms with Crippen molar-refractivity contribution in [3.05, 3.63) is 54.6 Å². The summed E-state index contributed by atoms with van der Waals surface area (Å²) in [6.07, 6.45) is 0.261. The number of anilines is 1. The Bertz CT molecular complexity index is 687. The fraction of sp³-hybridized carbons (Fsp3) is 0.222. The number of hydrogen-bond donors (Lipinski definition) is 2. The van der Waals surface area contributed by atoms with Crippen molar-refractivity contribution >= 4 is 17.6 Å². The van der Waals surface area contributed by atoms with Crippen molar-refractivity contribution in [3.8, 4) is 11.5 Å². The summed E-state index contributed by atoms with van der Waals surface area (Å²) in [5.41, 5.74) is 0.611. The number of amides is 3. The van der Waals surface area contributed by atoms with Crippen LogP contribution in [0.2, 0.25) is 0 Å². The molecule has 0 bridgehead atoms. The Hall–Kier alpha value is -3.02. The van der Waals surface area contributed by atoms with Crippen molar-refractivity contribution in [1.29, 1.82) is 0 Å². The van der Waals surface area contributed by atoms with Crippen LogP contribution >= 0.6 is 0 Å². The zero-order valence-electron chi connectivity index (χ0n) is 13.8. The maximum atomic E-state index is 11.8. The third kappa shape index (κ3) is 5.64. The van der Waals surface area contributed by atoms with Crippen LogP contribution in [0.25, 0.3) is 0 Å². The van der Waals surface area contributed by atoms with Crippen molar-refractivity contribution < 1.29 is 14.3 Å². The normalized spacial score (nSPS) is 9.92. The Labute approximate surface area is 141 Å². The van der Waals surface area contributed by atoms with Crippen LogP contribution in [0.1, 0.15) is 6.42 Å². The van der Waals surface area contributed by atoms with Crippen molar-refractivity contribution in [2.24, 2.45) is 0 Å². The predicted molar refractivity (Wildman–Crippen MR) is 93.3 cm³/mol. The quantitative estimate of drug-likeness (QED) is 0.856. The number of ether oxygens (including phenoxy) is 1. The second kappa shape index (κ2) is 8.57. The highest BCUT2D eigenvalue weighted by Gasteiger charge is 2.06.